The van der Waals surface area contributed by atoms with Crippen molar-refractivity contribution in [1.82, 2.24) is 5.32 Å². The van der Waals surface area contributed by atoms with Gasteiger partial charge in [-0.15, -0.1) is 0 Å². The van der Waals surface area contributed by atoms with Crippen molar-refractivity contribution in [2.75, 3.05) is 47.3 Å². The van der Waals surface area contributed by atoms with Gasteiger partial charge in [-0.3, -0.25) is 4.79 Å². The van der Waals surface area contributed by atoms with E-state index in [9.17, 15) is 34.8 Å². The maximum atomic E-state index is 12.7. The molecule has 0 aliphatic carbocycles. The van der Waals surface area contributed by atoms with Crippen LogP contribution in [0.4, 0.5) is 0 Å². The molecular formula is C27H47NO16. The van der Waals surface area contributed by atoms with Crippen molar-refractivity contribution in [2.24, 2.45) is 0 Å². The quantitative estimate of drug-likeness (QED) is 0.0640. The first-order valence-corrected chi connectivity index (χ1v) is 14.6. The zero-order chi connectivity index (χ0) is 32.8. The third-order valence-electron chi connectivity index (χ3n) is 7.08. The number of aliphatic hydroxyl groups is 4. The molecule has 1 amide bonds. The van der Waals surface area contributed by atoms with Gasteiger partial charge < -0.3 is 68.7 Å². The molecule has 44 heavy (non-hydrogen) atoms. The molecular weight excluding hydrogens is 594 g/mol. The fourth-order valence-corrected chi connectivity index (χ4v) is 4.83. The maximum absolute atomic E-state index is 12.7. The summed E-state index contributed by atoms with van der Waals surface area (Å²) in [6.45, 7) is 1.75. The molecule has 17 heteroatoms. The number of carbonyl (C=O) groups excluding carboxylic acids is 2. The topological polar surface area (TPSA) is 238 Å². The predicted octanol–water partition coefficient (Wildman–Crippen LogP) is -2.33. The highest BCUT2D eigenvalue weighted by Crippen LogP contribution is 2.28. The van der Waals surface area contributed by atoms with Crippen LogP contribution in [0.3, 0.4) is 0 Å². The Labute approximate surface area is 255 Å². The fourth-order valence-electron chi connectivity index (χ4n) is 4.83. The van der Waals surface area contributed by atoms with Gasteiger partial charge in [0.25, 0.3) is 0 Å². The number of carboxylic acids is 1. The molecule has 0 aromatic rings. The van der Waals surface area contributed by atoms with Crippen molar-refractivity contribution in [3.63, 3.8) is 0 Å². The van der Waals surface area contributed by atoms with Crippen molar-refractivity contribution in [2.45, 2.75) is 107 Å². The Kier molecular flexibility index (Phi) is 16.9. The maximum Gasteiger partial charge on any atom is 0.329 e. The number of ether oxygens (including phenoxy) is 8. The molecule has 2 saturated heterocycles. The number of unbranched alkanes of at least 4 members (excludes halogenated alkanes) is 2. The Morgan fingerprint density at radius 3 is 1.95 bits per heavy atom. The van der Waals surface area contributed by atoms with Crippen LogP contribution >= 0.6 is 0 Å². The van der Waals surface area contributed by atoms with E-state index in [1.165, 1.54) is 14.2 Å². The minimum atomic E-state index is -1.65. The van der Waals surface area contributed by atoms with E-state index in [0.717, 1.165) is 12.8 Å². The van der Waals surface area contributed by atoms with Gasteiger partial charge >= 0.3 is 11.9 Å². The first kappa shape index (κ1) is 38.2. The van der Waals surface area contributed by atoms with E-state index in [-0.39, 0.29) is 13.2 Å². The number of aliphatic carboxylic acids is 1. The van der Waals surface area contributed by atoms with Gasteiger partial charge in [0.2, 0.25) is 5.91 Å². The summed E-state index contributed by atoms with van der Waals surface area (Å²) in [7, 11) is 2.58. The second-order valence-corrected chi connectivity index (χ2v) is 10.4. The van der Waals surface area contributed by atoms with Crippen LogP contribution in [-0.4, -0.2) is 158 Å². The number of rotatable bonds is 19. The highest BCUT2D eigenvalue weighted by Gasteiger charge is 2.49. The Balaban J connectivity index is 2.06. The van der Waals surface area contributed by atoms with E-state index in [0.29, 0.717) is 12.8 Å². The second kappa shape index (κ2) is 19.5. The molecule has 4 unspecified atom stereocenters. The third kappa shape index (κ3) is 11.1. The van der Waals surface area contributed by atoms with Crippen LogP contribution in [0.5, 0.6) is 0 Å². The van der Waals surface area contributed by atoms with Crippen molar-refractivity contribution in [3.05, 3.63) is 0 Å². The normalized spacial score (nSPS) is 33.0. The molecule has 0 aromatic carbocycles. The number of hydrogen-bond acceptors (Lipinski definition) is 15. The summed E-state index contributed by atoms with van der Waals surface area (Å²) in [5.74, 6) is -2.59. The van der Waals surface area contributed by atoms with Crippen molar-refractivity contribution < 1.29 is 77.8 Å². The van der Waals surface area contributed by atoms with Gasteiger partial charge in [0, 0.05) is 14.2 Å². The average Bonchev–Trinajstić information content (AvgIpc) is 2.98. The Morgan fingerprint density at radius 2 is 1.39 bits per heavy atom. The van der Waals surface area contributed by atoms with Gasteiger partial charge in [-0.25, -0.2) is 9.59 Å². The van der Waals surface area contributed by atoms with Gasteiger partial charge in [0.15, 0.2) is 12.6 Å². The first-order valence-electron chi connectivity index (χ1n) is 14.6. The van der Waals surface area contributed by atoms with E-state index < -0.39 is 105 Å². The number of methoxy groups -OCH3 is 2. The van der Waals surface area contributed by atoms with Crippen LogP contribution < -0.4 is 5.32 Å². The lowest BCUT2D eigenvalue weighted by Gasteiger charge is -2.44. The van der Waals surface area contributed by atoms with E-state index in [1.807, 2.05) is 6.92 Å². The molecule has 0 spiro atoms. The Bertz CT molecular complexity index is 879. The first-order chi connectivity index (χ1) is 21.0. The number of hydrogen-bond donors (Lipinski definition) is 6. The molecule has 2 heterocycles. The highest BCUT2D eigenvalue weighted by molar-refractivity contribution is 5.85. The summed E-state index contributed by atoms with van der Waals surface area (Å²) < 4.78 is 42.8. The molecule has 2 aliphatic heterocycles. The van der Waals surface area contributed by atoms with E-state index in [4.69, 9.17) is 43.0 Å². The van der Waals surface area contributed by atoms with Crippen LogP contribution in [0.25, 0.3) is 0 Å². The summed E-state index contributed by atoms with van der Waals surface area (Å²) >= 11 is 0. The van der Waals surface area contributed by atoms with Crippen LogP contribution in [-0.2, 0) is 52.3 Å². The molecule has 2 rings (SSSR count). The summed E-state index contributed by atoms with van der Waals surface area (Å²) in [5.41, 5.74) is 0. The standard InChI is InChI=1S/C27H47NO16/c1-5-7-8-9-14(25(36)39-6-2)28-17(29)12-40-23-20(33)16(43-26(38-4)21(23)34)11-42-27-22(35)24(41-13-18(30)31)19(32)15(44-27)10-37-3/h14-16,19-24,26-27,32-35H,5-13H2,1-4H3,(H,28,29)(H,30,31)/t14-,15?,16?,19+,20+,21?,22?,23-,24-,26-,27-/m0/s1. The number of carbonyl (C=O) groups is 3. The molecule has 0 radical (unpaired) electrons. The van der Waals surface area contributed by atoms with Gasteiger partial charge in [-0.2, -0.15) is 0 Å². The molecule has 0 bridgehead atoms. The largest absolute Gasteiger partial charge is 0.480 e. The second-order valence-electron chi connectivity index (χ2n) is 10.4. The molecule has 17 nitrogen and oxygen atoms in total. The molecule has 6 N–H and O–H groups in total. The lowest BCUT2D eigenvalue weighted by atomic mass is 9.98. The van der Waals surface area contributed by atoms with Gasteiger partial charge in [-0.1, -0.05) is 26.2 Å². The van der Waals surface area contributed by atoms with Gasteiger partial charge in [0.1, 0.15) is 68.1 Å². The zero-order valence-corrected chi connectivity index (χ0v) is 25.4. The van der Waals surface area contributed by atoms with E-state index in [1.54, 1.807) is 6.92 Å². The summed E-state index contributed by atoms with van der Waals surface area (Å²) in [4.78, 5) is 36.0. The number of nitrogens with one attached hydrogen (secondary N) is 1. The highest BCUT2D eigenvalue weighted by atomic mass is 16.7. The van der Waals surface area contributed by atoms with Crippen LogP contribution in [0.15, 0.2) is 0 Å². The van der Waals surface area contributed by atoms with Crippen LogP contribution in [0.1, 0.15) is 39.5 Å². The SMILES string of the molecule is CCCCC[C@H](NC(=O)CO[C@@H]1C(O)[C@@H](OC)OC(CO[C@H]2OC(COC)[C@@H](O)[C@H](OCC(=O)O)C2O)[C@H]1O)C(=O)OCC. The van der Waals surface area contributed by atoms with E-state index >= 15 is 0 Å². The molecule has 2 aliphatic rings. The van der Waals surface area contributed by atoms with Crippen molar-refractivity contribution in [1.29, 1.82) is 0 Å². The van der Waals surface area contributed by atoms with Crippen molar-refractivity contribution >= 4 is 17.8 Å². The lowest BCUT2D eigenvalue weighted by molar-refractivity contribution is -0.333. The number of esters is 1. The monoisotopic (exact) mass is 641 g/mol. The molecule has 0 aromatic heterocycles. The molecule has 256 valence electrons. The number of carboxylic acid groups (broad SMARTS) is 1. The van der Waals surface area contributed by atoms with Crippen LogP contribution in [0, 0.1) is 0 Å². The summed E-state index contributed by atoms with van der Waals surface area (Å²) in [6, 6.07) is -0.888. The molecule has 0 saturated carbocycles. The summed E-state index contributed by atoms with van der Waals surface area (Å²) in [5, 5.41) is 54.4. The molecule has 11 atom stereocenters. The molecule has 2 fully saturated rings. The predicted molar refractivity (Wildman–Crippen MR) is 146 cm³/mol. The fraction of sp³-hybridized carbons (Fsp3) is 0.889. The number of aliphatic hydroxyl groups excluding tert-OH is 4. The van der Waals surface area contributed by atoms with Gasteiger partial charge in [0.05, 0.1) is 19.8 Å². The van der Waals surface area contributed by atoms with Crippen LogP contribution in [0.2, 0.25) is 0 Å². The Morgan fingerprint density at radius 1 is 0.795 bits per heavy atom. The third-order valence-corrected chi connectivity index (χ3v) is 7.08. The zero-order valence-electron chi connectivity index (χ0n) is 25.4. The smallest absolute Gasteiger partial charge is 0.329 e. The minimum Gasteiger partial charge on any atom is -0.480 e. The van der Waals surface area contributed by atoms with Crippen molar-refractivity contribution in [3.8, 4) is 0 Å². The number of amides is 1. The van der Waals surface area contributed by atoms with E-state index in [2.05, 4.69) is 5.32 Å². The average molecular weight is 642 g/mol. The minimum absolute atomic E-state index is 0.143. The lowest BCUT2D eigenvalue weighted by Crippen LogP contribution is -2.62. The van der Waals surface area contributed by atoms with Gasteiger partial charge in [-0.05, 0) is 13.3 Å². The Hall–Kier alpha value is -2.03. The summed E-state index contributed by atoms with van der Waals surface area (Å²) in [6.07, 6.45) is -11.3.